The van der Waals surface area contributed by atoms with Crippen molar-refractivity contribution in [2.75, 3.05) is 6.54 Å². The van der Waals surface area contributed by atoms with Gasteiger partial charge in [-0.05, 0) is 18.2 Å². The summed E-state index contributed by atoms with van der Waals surface area (Å²) in [4.78, 5) is 7.62. The molecule has 0 atom stereocenters. The smallest absolute Gasteiger partial charge is 0.140 e. The van der Waals surface area contributed by atoms with E-state index < -0.39 is 0 Å². The van der Waals surface area contributed by atoms with E-state index in [9.17, 15) is 4.39 Å². The normalized spacial score (nSPS) is 14.2. The zero-order valence-corrected chi connectivity index (χ0v) is 11.5. The average molecular weight is 296 g/mol. The van der Waals surface area contributed by atoms with Crippen molar-refractivity contribution in [3.8, 4) is 11.4 Å². The van der Waals surface area contributed by atoms with E-state index in [4.69, 9.17) is 23.8 Å². The third-order valence-electron chi connectivity index (χ3n) is 3.14. The molecule has 0 bridgehead atoms. The van der Waals surface area contributed by atoms with Gasteiger partial charge in [0.15, 0.2) is 0 Å². The van der Waals surface area contributed by atoms with Crippen LogP contribution in [0.4, 0.5) is 4.39 Å². The third-order valence-corrected chi connectivity index (χ3v) is 3.80. The number of rotatable bonds is 1. The topological polar surface area (TPSA) is 40.7 Å². The Morgan fingerprint density at radius 1 is 1.37 bits per heavy atom. The fourth-order valence-corrected chi connectivity index (χ4v) is 2.72. The maximum absolute atomic E-state index is 13.1. The summed E-state index contributed by atoms with van der Waals surface area (Å²) in [7, 11) is 0. The number of benzene rings is 1. The van der Waals surface area contributed by atoms with E-state index in [1.807, 2.05) is 0 Å². The fraction of sp³-hybridized carbons (Fsp3) is 0.231. The van der Waals surface area contributed by atoms with Gasteiger partial charge in [0.25, 0.3) is 0 Å². The van der Waals surface area contributed by atoms with Crippen LogP contribution in [0.3, 0.4) is 0 Å². The van der Waals surface area contributed by atoms with Crippen LogP contribution in [-0.2, 0) is 13.0 Å². The van der Waals surface area contributed by atoms with Gasteiger partial charge in [-0.25, -0.2) is 9.37 Å². The second-order valence-corrected chi connectivity index (χ2v) is 5.19. The zero-order valence-electron chi connectivity index (χ0n) is 9.96. The molecule has 0 aliphatic carbocycles. The van der Waals surface area contributed by atoms with Gasteiger partial charge in [0, 0.05) is 36.3 Å². The molecule has 98 valence electrons. The first kappa shape index (κ1) is 12.7. The Morgan fingerprint density at radius 2 is 2.21 bits per heavy atom. The molecule has 1 aliphatic rings. The summed E-state index contributed by atoms with van der Waals surface area (Å²) in [5, 5.41) is 3.58. The number of H-pyrrole nitrogens is 1. The maximum Gasteiger partial charge on any atom is 0.140 e. The van der Waals surface area contributed by atoms with Crippen molar-refractivity contribution >= 4 is 23.8 Å². The molecule has 0 saturated heterocycles. The molecule has 0 unspecified atom stereocenters. The van der Waals surface area contributed by atoms with Crippen LogP contribution in [0.25, 0.3) is 11.4 Å². The molecule has 2 heterocycles. The van der Waals surface area contributed by atoms with Gasteiger partial charge >= 0.3 is 0 Å². The van der Waals surface area contributed by atoms with Crippen LogP contribution in [0.15, 0.2) is 18.2 Å². The lowest BCUT2D eigenvalue weighted by atomic mass is 10.1. The molecular weight excluding hydrogens is 285 g/mol. The van der Waals surface area contributed by atoms with Crippen LogP contribution in [-0.4, -0.2) is 16.5 Å². The molecule has 0 spiro atoms. The van der Waals surface area contributed by atoms with Crippen molar-refractivity contribution in [2.45, 2.75) is 13.0 Å². The summed E-state index contributed by atoms with van der Waals surface area (Å²) in [6.45, 7) is 1.63. The van der Waals surface area contributed by atoms with Crippen LogP contribution in [0.5, 0.6) is 0 Å². The summed E-state index contributed by atoms with van der Waals surface area (Å²) >= 11 is 11.4. The molecule has 3 rings (SSSR count). The fourth-order valence-electron chi connectivity index (χ4n) is 2.18. The number of aromatic nitrogens is 2. The Bertz CT molecular complexity index is 699. The molecule has 2 aromatic rings. The van der Waals surface area contributed by atoms with Crippen molar-refractivity contribution < 1.29 is 4.39 Å². The minimum atomic E-state index is -0.366. The van der Waals surface area contributed by atoms with Gasteiger partial charge in [-0.1, -0.05) is 23.8 Å². The highest BCUT2D eigenvalue weighted by molar-refractivity contribution is 7.71. The molecule has 2 N–H and O–H groups in total. The largest absolute Gasteiger partial charge is 0.343 e. The number of fused-ring (bicyclic) bond motifs is 1. The molecule has 1 aromatic carbocycles. The maximum atomic E-state index is 13.1. The first-order chi connectivity index (χ1) is 9.15. The van der Waals surface area contributed by atoms with Crippen molar-refractivity contribution in [3.63, 3.8) is 0 Å². The average Bonchev–Trinajstić information content (AvgIpc) is 2.38. The van der Waals surface area contributed by atoms with Crippen molar-refractivity contribution in [2.24, 2.45) is 0 Å². The van der Waals surface area contributed by atoms with Gasteiger partial charge in [0.2, 0.25) is 0 Å². The van der Waals surface area contributed by atoms with Crippen molar-refractivity contribution in [1.82, 2.24) is 15.3 Å². The van der Waals surface area contributed by atoms with E-state index in [1.165, 1.54) is 12.1 Å². The summed E-state index contributed by atoms with van der Waals surface area (Å²) in [5.74, 6) is 0.227. The van der Waals surface area contributed by atoms with E-state index in [0.29, 0.717) is 21.1 Å². The summed E-state index contributed by atoms with van der Waals surface area (Å²) in [6, 6.07) is 4.25. The highest BCUT2D eigenvalue weighted by Crippen LogP contribution is 2.27. The SMILES string of the molecule is Fc1ccc(-c2nc(=S)c3c([nH]2)CCNC3)c(Cl)c1. The Hall–Kier alpha value is -1.30. The van der Waals surface area contributed by atoms with E-state index in [2.05, 4.69) is 15.3 Å². The number of hydrogen-bond acceptors (Lipinski definition) is 3. The monoisotopic (exact) mass is 295 g/mol. The van der Waals surface area contributed by atoms with E-state index in [1.54, 1.807) is 6.07 Å². The van der Waals surface area contributed by atoms with E-state index in [0.717, 1.165) is 30.8 Å². The molecule has 1 aromatic heterocycles. The second-order valence-electron chi connectivity index (χ2n) is 4.40. The van der Waals surface area contributed by atoms with Gasteiger partial charge in [-0.3, -0.25) is 0 Å². The van der Waals surface area contributed by atoms with E-state index >= 15 is 0 Å². The van der Waals surface area contributed by atoms with Crippen LogP contribution in [0.2, 0.25) is 5.02 Å². The Labute approximate surface area is 119 Å². The molecule has 6 heteroatoms. The third kappa shape index (κ3) is 2.41. The van der Waals surface area contributed by atoms with Gasteiger partial charge in [-0.15, -0.1) is 0 Å². The van der Waals surface area contributed by atoms with Crippen LogP contribution in [0, 0.1) is 10.5 Å². The van der Waals surface area contributed by atoms with Crippen molar-refractivity contribution in [3.05, 3.63) is 44.9 Å². The summed E-state index contributed by atoms with van der Waals surface area (Å²) < 4.78 is 13.6. The minimum absolute atomic E-state index is 0.326. The number of hydrogen-bond donors (Lipinski definition) is 2. The zero-order chi connectivity index (χ0) is 13.4. The number of nitrogens with one attached hydrogen (secondary N) is 2. The predicted molar refractivity (Wildman–Crippen MR) is 75.2 cm³/mol. The molecule has 0 fully saturated rings. The molecule has 0 amide bonds. The predicted octanol–water partition coefficient (Wildman–Crippen LogP) is 3.24. The Kier molecular flexibility index (Phi) is 3.35. The van der Waals surface area contributed by atoms with Gasteiger partial charge in [-0.2, -0.15) is 0 Å². The molecule has 19 heavy (non-hydrogen) atoms. The molecule has 3 nitrogen and oxygen atoms in total. The number of halogens is 2. The quantitative estimate of drug-likeness (QED) is 0.794. The Morgan fingerprint density at radius 3 is 3.00 bits per heavy atom. The molecule has 0 saturated carbocycles. The number of aromatic amines is 1. The lowest BCUT2D eigenvalue weighted by Crippen LogP contribution is -2.25. The van der Waals surface area contributed by atoms with Crippen molar-refractivity contribution in [1.29, 1.82) is 0 Å². The summed E-state index contributed by atoms with van der Waals surface area (Å²) in [6.07, 6.45) is 0.868. The van der Waals surface area contributed by atoms with E-state index in [-0.39, 0.29) is 5.82 Å². The van der Waals surface area contributed by atoms with Crippen LogP contribution >= 0.6 is 23.8 Å². The van der Waals surface area contributed by atoms with Gasteiger partial charge < -0.3 is 10.3 Å². The van der Waals surface area contributed by atoms with Gasteiger partial charge in [0.1, 0.15) is 16.3 Å². The molecule has 1 aliphatic heterocycles. The number of nitrogens with zero attached hydrogens (tertiary/aromatic N) is 1. The second kappa shape index (κ2) is 5.00. The molecular formula is C13H11ClFN3S. The molecule has 0 radical (unpaired) electrons. The lowest BCUT2D eigenvalue weighted by molar-refractivity contribution is 0.624. The first-order valence-corrected chi connectivity index (χ1v) is 6.72. The highest BCUT2D eigenvalue weighted by Gasteiger charge is 2.15. The van der Waals surface area contributed by atoms with Crippen LogP contribution in [0.1, 0.15) is 11.3 Å². The van der Waals surface area contributed by atoms with Gasteiger partial charge in [0.05, 0.1) is 5.02 Å². The van der Waals surface area contributed by atoms with Crippen LogP contribution < -0.4 is 5.32 Å². The standard InChI is InChI=1S/C13H11ClFN3S/c14-10-5-7(15)1-2-8(10)12-17-11-3-4-16-6-9(11)13(19)18-12/h1-2,5,16H,3-4,6H2,(H,17,18,19). The summed E-state index contributed by atoms with van der Waals surface area (Å²) in [5.41, 5.74) is 2.77. The minimum Gasteiger partial charge on any atom is -0.343 e. The first-order valence-electron chi connectivity index (χ1n) is 5.93. The Balaban J connectivity index is 2.15. The lowest BCUT2D eigenvalue weighted by Gasteiger charge is -2.18. The highest BCUT2D eigenvalue weighted by atomic mass is 35.5.